The van der Waals surface area contributed by atoms with Gasteiger partial charge in [-0.15, -0.1) is 0 Å². The fourth-order valence-electron chi connectivity index (χ4n) is 2.97. The first kappa shape index (κ1) is 15.9. The third-order valence-electron chi connectivity index (χ3n) is 4.26. The molecule has 0 aliphatic carbocycles. The van der Waals surface area contributed by atoms with Gasteiger partial charge in [-0.1, -0.05) is 13.8 Å². The highest BCUT2D eigenvalue weighted by Crippen LogP contribution is 2.25. The molecule has 1 heterocycles. The summed E-state index contributed by atoms with van der Waals surface area (Å²) in [6.45, 7) is 7.34. The molecule has 1 aliphatic heterocycles. The number of aliphatic hydroxyl groups excluding tert-OH is 1. The molecule has 18 heavy (non-hydrogen) atoms. The van der Waals surface area contributed by atoms with Gasteiger partial charge >= 0.3 is 0 Å². The minimum atomic E-state index is -0.101. The Balaban J connectivity index is 2.54. The number of hydrogen-bond donors (Lipinski definition) is 2. The second-order valence-corrected chi connectivity index (χ2v) is 5.84. The van der Waals surface area contributed by atoms with Gasteiger partial charge in [-0.05, 0) is 44.2 Å². The van der Waals surface area contributed by atoms with Gasteiger partial charge in [-0.3, -0.25) is 4.90 Å². The van der Waals surface area contributed by atoms with Gasteiger partial charge in [-0.2, -0.15) is 0 Å². The Bertz CT molecular complexity index is 224. The van der Waals surface area contributed by atoms with Crippen molar-refractivity contribution in [2.75, 3.05) is 33.4 Å². The molecule has 3 N–H and O–H groups in total. The second kappa shape index (κ2) is 8.10. The van der Waals surface area contributed by atoms with E-state index in [2.05, 4.69) is 18.7 Å². The molecular formula is C14H30N2O2. The van der Waals surface area contributed by atoms with E-state index < -0.39 is 0 Å². The number of nitrogens with two attached hydrogens (primary N) is 1. The zero-order valence-corrected chi connectivity index (χ0v) is 12.1. The standard InChI is InChI=1S/C14H30N2O2/c1-11(2)12-5-4-7-16(8-6-12)14(9-17)13(15)10-18-3/h11-14,17H,4-10,15H2,1-3H3. The van der Waals surface area contributed by atoms with Gasteiger partial charge in [0, 0.05) is 13.2 Å². The summed E-state index contributed by atoms with van der Waals surface area (Å²) >= 11 is 0. The molecule has 4 nitrogen and oxygen atoms in total. The lowest BCUT2D eigenvalue weighted by molar-refractivity contribution is 0.0714. The first-order valence-electron chi connectivity index (χ1n) is 7.19. The molecule has 0 bridgehead atoms. The number of aliphatic hydroxyl groups is 1. The molecule has 0 aromatic rings. The van der Waals surface area contributed by atoms with Gasteiger partial charge in [0.1, 0.15) is 0 Å². The fraction of sp³-hybridized carbons (Fsp3) is 1.00. The van der Waals surface area contributed by atoms with E-state index in [1.807, 2.05) is 0 Å². The number of nitrogens with zero attached hydrogens (tertiary/aromatic N) is 1. The molecule has 0 amide bonds. The van der Waals surface area contributed by atoms with E-state index in [0.29, 0.717) is 6.61 Å². The van der Waals surface area contributed by atoms with Crippen molar-refractivity contribution in [2.24, 2.45) is 17.6 Å². The fourth-order valence-corrected chi connectivity index (χ4v) is 2.97. The first-order chi connectivity index (χ1) is 8.60. The predicted molar refractivity (Wildman–Crippen MR) is 74.5 cm³/mol. The van der Waals surface area contributed by atoms with Gasteiger partial charge in [-0.25, -0.2) is 0 Å². The minimum absolute atomic E-state index is 0.0378. The van der Waals surface area contributed by atoms with Gasteiger partial charge in [0.2, 0.25) is 0 Å². The van der Waals surface area contributed by atoms with Crippen molar-refractivity contribution in [3.05, 3.63) is 0 Å². The van der Waals surface area contributed by atoms with E-state index in [4.69, 9.17) is 10.5 Å². The van der Waals surface area contributed by atoms with Gasteiger partial charge < -0.3 is 15.6 Å². The second-order valence-electron chi connectivity index (χ2n) is 5.84. The molecule has 4 heteroatoms. The van der Waals surface area contributed by atoms with Gasteiger partial charge in [0.25, 0.3) is 0 Å². The molecule has 0 aromatic carbocycles. The lowest BCUT2D eigenvalue weighted by atomic mass is 9.89. The largest absolute Gasteiger partial charge is 0.395 e. The van der Waals surface area contributed by atoms with Crippen molar-refractivity contribution < 1.29 is 9.84 Å². The minimum Gasteiger partial charge on any atom is -0.395 e. The van der Waals surface area contributed by atoms with Crippen molar-refractivity contribution in [1.29, 1.82) is 0 Å². The Morgan fingerprint density at radius 3 is 2.61 bits per heavy atom. The van der Waals surface area contributed by atoms with Crippen molar-refractivity contribution in [3.63, 3.8) is 0 Å². The topological polar surface area (TPSA) is 58.7 Å². The highest BCUT2D eigenvalue weighted by molar-refractivity contribution is 4.84. The Hall–Kier alpha value is -0.160. The summed E-state index contributed by atoms with van der Waals surface area (Å²) in [6, 6.07) is -0.0635. The SMILES string of the molecule is COCC(N)C(CO)N1CCCC(C(C)C)CC1. The zero-order valence-electron chi connectivity index (χ0n) is 12.1. The molecule has 3 unspecified atom stereocenters. The molecule has 0 radical (unpaired) electrons. The third-order valence-corrected chi connectivity index (χ3v) is 4.26. The van der Waals surface area contributed by atoms with E-state index in [1.165, 1.54) is 19.3 Å². The number of hydrogen-bond acceptors (Lipinski definition) is 4. The number of rotatable bonds is 6. The van der Waals surface area contributed by atoms with Crippen LogP contribution in [0, 0.1) is 11.8 Å². The summed E-state index contributed by atoms with van der Waals surface area (Å²) in [5.41, 5.74) is 6.09. The van der Waals surface area contributed by atoms with Crippen LogP contribution in [0.5, 0.6) is 0 Å². The van der Waals surface area contributed by atoms with Crippen LogP contribution in [0.3, 0.4) is 0 Å². The Kier molecular flexibility index (Phi) is 7.15. The van der Waals surface area contributed by atoms with E-state index in [9.17, 15) is 5.11 Å². The molecule has 1 fully saturated rings. The zero-order chi connectivity index (χ0) is 13.5. The van der Waals surface area contributed by atoms with E-state index in [-0.39, 0.29) is 18.7 Å². The van der Waals surface area contributed by atoms with Crippen LogP contribution in [0.1, 0.15) is 33.1 Å². The monoisotopic (exact) mass is 258 g/mol. The van der Waals surface area contributed by atoms with Gasteiger partial charge in [0.05, 0.1) is 19.3 Å². The Morgan fingerprint density at radius 1 is 1.33 bits per heavy atom. The lowest BCUT2D eigenvalue weighted by Gasteiger charge is -2.33. The summed E-state index contributed by atoms with van der Waals surface area (Å²) in [5, 5.41) is 9.57. The van der Waals surface area contributed by atoms with Crippen LogP contribution in [0.2, 0.25) is 0 Å². The predicted octanol–water partition coefficient (Wildman–Crippen LogP) is 1.08. The molecule has 1 aliphatic rings. The van der Waals surface area contributed by atoms with Crippen LogP contribution < -0.4 is 5.73 Å². The number of likely N-dealkylation sites (tertiary alicyclic amines) is 1. The van der Waals surface area contributed by atoms with E-state index in [1.54, 1.807) is 7.11 Å². The lowest BCUT2D eigenvalue weighted by Crippen LogP contribution is -2.52. The van der Waals surface area contributed by atoms with Crippen LogP contribution in [-0.2, 0) is 4.74 Å². The summed E-state index contributed by atoms with van der Waals surface area (Å²) in [4.78, 5) is 2.35. The molecule has 1 rings (SSSR count). The van der Waals surface area contributed by atoms with E-state index >= 15 is 0 Å². The van der Waals surface area contributed by atoms with Crippen LogP contribution in [-0.4, -0.2) is 55.5 Å². The summed E-state index contributed by atoms with van der Waals surface area (Å²) in [6.07, 6.45) is 3.72. The maximum Gasteiger partial charge on any atom is 0.0629 e. The maximum atomic E-state index is 9.57. The van der Waals surface area contributed by atoms with Crippen LogP contribution in [0.15, 0.2) is 0 Å². The van der Waals surface area contributed by atoms with E-state index in [0.717, 1.165) is 24.9 Å². The summed E-state index contributed by atoms with van der Waals surface area (Å²) in [7, 11) is 1.66. The van der Waals surface area contributed by atoms with Crippen molar-refractivity contribution in [1.82, 2.24) is 4.90 Å². The molecule has 1 saturated heterocycles. The highest BCUT2D eigenvalue weighted by Gasteiger charge is 2.27. The maximum absolute atomic E-state index is 9.57. The normalized spacial score (nSPS) is 26.0. The van der Waals surface area contributed by atoms with Crippen LogP contribution in [0.25, 0.3) is 0 Å². The van der Waals surface area contributed by atoms with Gasteiger partial charge in [0.15, 0.2) is 0 Å². The molecule has 0 aromatic heterocycles. The molecular weight excluding hydrogens is 228 g/mol. The van der Waals surface area contributed by atoms with Crippen molar-refractivity contribution in [2.45, 2.75) is 45.2 Å². The molecule has 3 atom stereocenters. The Morgan fingerprint density at radius 2 is 2.06 bits per heavy atom. The average Bonchev–Trinajstić information content (AvgIpc) is 2.56. The molecule has 0 spiro atoms. The van der Waals surface area contributed by atoms with Crippen molar-refractivity contribution >= 4 is 0 Å². The quantitative estimate of drug-likeness (QED) is 0.748. The third kappa shape index (κ3) is 4.50. The highest BCUT2D eigenvalue weighted by atomic mass is 16.5. The Labute approximate surface area is 111 Å². The van der Waals surface area contributed by atoms with Crippen molar-refractivity contribution in [3.8, 4) is 0 Å². The first-order valence-corrected chi connectivity index (χ1v) is 7.19. The summed E-state index contributed by atoms with van der Waals surface area (Å²) < 4.78 is 5.11. The summed E-state index contributed by atoms with van der Waals surface area (Å²) in [5.74, 6) is 1.57. The molecule has 108 valence electrons. The number of ether oxygens (including phenoxy) is 1. The number of methoxy groups -OCH3 is 1. The average molecular weight is 258 g/mol. The van der Waals surface area contributed by atoms with Crippen LogP contribution in [0.4, 0.5) is 0 Å². The van der Waals surface area contributed by atoms with Crippen LogP contribution >= 0.6 is 0 Å². The molecule has 0 saturated carbocycles. The smallest absolute Gasteiger partial charge is 0.0629 e.